The number of benzene rings is 1. The molecule has 1 rings (SSSR count). The molecule has 1 aromatic carbocycles. The second-order valence-electron chi connectivity index (χ2n) is 2.31. The van der Waals surface area contributed by atoms with Gasteiger partial charge in [0.15, 0.2) is 0 Å². The molecular weight excluding hydrogens is 189 g/mol. The van der Waals surface area contributed by atoms with Crippen LogP contribution in [-0.4, -0.2) is 24.0 Å². The van der Waals surface area contributed by atoms with E-state index in [-0.39, 0.29) is 16.9 Å². The first-order valence-electron chi connectivity index (χ1n) is 3.46. The van der Waals surface area contributed by atoms with Crippen LogP contribution in [0.4, 0.5) is 10.5 Å². The summed E-state index contributed by atoms with van der Waals surface area (Å²) in [5.41, 5.74) is -0.691. The molecule has 0 heterocycles. The van der Waals surface area contributed by atoms with Crippen LogP contribution in [0.25, 0.3) is 0 Å². The van der Waals surface area contributed by atoms with Crippen molar-refractivity contribution in [3.05, 3.63) is 28.3 Å². The second kappa shape index (κ2) is 3.78. The number of carbonyl (C=O) groups is 1. The molecule has 0 saturated carbocycles. The zero-order valence-electron chi connectivity index (χ0n) is 6.84. The highest BCUT2D eigenvalue weighted by molar-refractivity contribution is 6.37. The third-order valence-electron chi connectivity index (χ3n) is 1.44. The molecule has 0 bridgehead atoms. The van der Waals surface area contributed by atoms with Crippen molar-refractivity contribution in [2.75, 3.05) is 0 Å². The van der Waals surface area contributed by atoms with Crippen molar-refractivity contribution in [2.24, 2.45) is 0 Å². The number of carboxylic acid groups (broad SMARTS) is 1. The van der Waals surface area contributed by atoms with Crippen LogP contribution in [0.2, 0.25) is 0 Å². The van der Waals surface area contributed by atoms with Crippen molar-refractivity contribution in [1.82, 2.24) is 0 Å². The highest BCUT2D eigenvalue weighted by Gasteiger charge is 2.14. The van der Waals surface area contributed by atoms with Crippen LogP contribution in [0, 0.1) is 10.1 Å². The molecule has 1 aromatic rings. The molecule has 0 amide bonds. The van der Waals surface area contributed by atoms with Gasteiger partial charge >= 0.3 is 6.16 Å². The summed E-state index contributed by atoms with van der Waals surface area (Å²) in [6, 6.07) is 3.67. The van der Waals surface area contributed by atoms with Gasteiger partial charge in [-0.2, -0.15) is 0 Å². The summed E-state index contributed by atoms with van der Waals surface area (Å²) in [4.78, 5) is 19.8. The zero-order valence-corrected chi connectivity index (χ0v) is 6.84. The van der Waals surface area contributed by atoms with E-state index in [9.17, 15) is 14.9 Å². The van der Waals surface area contributed by atoms with E-state index in [1.54, 1.807) is 0 Å². The maximum atomic E-state index is 10.4. The SMILES string of the molecule is [B]c1c(OC(=O)O)cccc1[N+](=O)[O-]. The first-order chi connectivity index (χ1) is 6.52. The van der Waals surface area contributed by atoms with E-state index in [2.05, 4.69) is 4.74 Å². The summed E-state index contributed by atoms with van der Waals surface area (Å²) in [7, 11) is 5.30. The van der Waals surface area contributed by atoms with Gasteiger partial charge in [-0.25, -0.2) is 4.79 Å². The molecular formula is C7H4BNO5. The van der Waals surface area contributed by atoms with Gasteiger partial charge in [0.1, 0.15) is 13.6 Å². The van der Waals surface area contributed by atoms with E-state index in [0.717, 1.165) is 6.07 Å². The molecule has 14 heavy (non-hydrogen) atoms. The van der Waals surface area contributed by atoms with Gasteiger partial charge < -0.3 is 9.84 Å². The average molecular weight is 193 g/mol. The maximum absolute atomic E-state index is 10.4. The minimum Gasteiger partial charge on any atom is -0.449 e. The molecule has 0 aliphatic rings. The topological polar surface area (TPSA) is 89.7 Å². The Morgan fingerprint density at radius 1 is 1.57 bits per heavy atom. The van der Waals surface area contributed by atoms with Gasteiger partial charge in [-0.05, 0) is 6.07 Å². The van der Waals surface area contributed by atoms with E-state index in [1.807, 2.05) is 0 Å². The fourth-order valence-corrected chi connectivity index (χ4v) is 0.875. The zero-order chi connectivity index (χ0) is 10.7. The predicted octanol–water partition coefficient (Wildman–Crippen LogP) is 0.445. The molecule has 70 valence electrons. The van der Waals surface area contributed by atoms with Gasteiger partial charge in [0.2, 0.25) is 0 Å². The van der Waals surface area contributed by atoms with Gasteiger partial charge in [0.05, 0.1) is 4.92 Å². The van der Waals surface area contributed by atoms with Crippen LogP contribution >= 0.6 is 0 Å². The van der Waals surface area contributed by atoms with Crippen LogP contribution in [0.15, 0.2) is 18.2 Å². The largest absolute Gasteiger partial charge is 0.511 e. The first-order valence-corrected chi connectivity index (χ1v) is 3.46. The maximum Gasteiger partial charge on any atom is 0.511 e. The van der Waals surface area contributed by atoms with Crippen LogP contribution in [-0.2, 0) is 0 Å². The lowest BCUT2D eigenvalue weighted by molar-refractivity contribution is -0.383. The normalized spacial score (nSPS) is 9.43. The standard InChI is InChI=1S/C7H4BNO5/c8-6-4(9(12)13)2-1-3-5(6)14-7(10)11/h1-3H,(H,10,11). The number of hydrogen-bond donors (Lipinski definition) is 1. The van der Waals surface area contributed by atoms with Gasteiger partial charge in [0, 0.05) is 11.5 Å². The number of nitro benzene ring substituents is 1. The molecule has 2 radical (unpaired) electrons. The van der Waals surface area contributed by atoms with E-state index in [1.165, 1.54) is 12.1 Å². The third-order valence-corrected chi connectivity index (χ3v) is 1.44. The summed E-state index contributed by atoms with van der Waals surface area (Å²) in [6.07, 6.45) is -1.57. The Kier molecular flexibility index (Phi) is 2.71. The molecule has 0 atom stereocenters. The summed E-state index contributed by atoms with van der Waals surface area (Å²) in [5, 5.41) is 18.7. The highest BCUT2D eigenvalue weighted by Crippen LogP contribution is 2.14. The average Bonchev–Trinajstić information content (AvgIpc) is 2.07. The van der Waals surface area contributed by atoms with Crippen molar-refractivity contribution in [3.8, 4) is 5.75 Å². The lowest BCUT2D eigenvalue weighted by Crippen LogP contribution is -2.16. The molecule has 0 aromatic heterocycles. The number of nitrogens with zero attached hydrogens (tertiary/aromatic N) is 1. The Hall–Kier alpha value is -2.05. The lowest BCUT2D eigenvalue weighted by Gasteiger charge is -2.03. The number of rotatable bonds is 2. The van der Waals surface area contributed by atoms with E-state index >= 15 is 0 Å². The summed E-state index contributed by atoms with van der Waals surface area (Å²) in [5.74, 6) is -0.244. The van der Waals surface area contributed by atoms with Crippen molar-refractivity contribution in [2.45, 2.75) is 0 Å². The van der Waals surface area contributed by atoms with Gasteiger partial charge in [0.25, 0.3) is 5.69 Å². The predicted molar refractivity (Wildman–Crippen MR) is 47.1 cm³/mol. The molecule has 0 saturated heterocycles. The van der Waals surface area contributed by atoms with Crippen LogP contribution in [0.3, 0.4) is 0 Å². The fraction of sp³-hybridized carbons (Fsp3) is 0. The quantitative estimate of drug-likeness (QED) is 0.242. The van der Waals surface area contributed by atoms with Crippen molar-refractivity contribution in [1.29, 1.82) is 0 Å². The molecule has 0 fully saturated rings. The van der Waals surface area contributed by atoms with Crippen molar-refractivity contribution >= 4 is 25.2 Å². The molecule has 0 unspecified atom stereocenters. The summed E-state index contributed by atoms with van der Waals surface area (Å²) in [6.45, 7) is 0. The minimum absolute atomic E-state index is 0.244. The molecule has 6 nitrogen and oxygen atoms in total. The molecule has 7 heteroatoms. The van der Waals surface area contributed by atoms with E-state index in [4.69, 9.17) is 13.0 Å². The molecule has 1 N–H and O–H groups in total. The van der Waals surface area contributed by atoms with Gasteiger partial charge in [-0.1, -0.05) is 6.07 Å². The highest BCUT2D eigenvalue weighted by atomic mass is 16.7. The molecule has 0 spiro atoms. The van der Waals surface area contributed by atoms with Crippen molar-refractivity contribution < 1.29 is 19.6 Å². The molecule has 0 aliphatic carbocycles. The van der Waals surface area contributed by atoms with Crippen molar-refractivity contribution in [3.63, 3.8) is 0 Å². The van der Waals surface area contributed by atoms with Gasteiger partial charge in [-0.15, -0.1) is 0 Å². The third kappa shape index (κ3) is 2.00. The fourth-order valence-electron chi connectivity index (χ4n) is 0.875. The smallest absolute Gasteiger partial charge is 0.449 e. The lowest BCUT2D eigenvalue weighted by atomic mass is 9.93. The van der Waals surface area contributed by atoms with Gasteiger partial charge in [-0.3, -0.25) is 10.1 Å². The van der Waals surface area contributed by atoms with E-state index < -0.39 is 11.1 Å². The Balaban J connectivity index is 3.13. The Morgan fingerprint density at radius 3 is 2.71 bits per heavy atom. The van der Waals surface area contributed by atoms with Crippen LogP contribution in [0.1, 0.15) is 0 Å². The molecule has 0 aliphatic heterocycles. The number of nitro groups is 1. The minimum atomic E-state index is -1.57. The monoisotopic (exact) mass is 193 g/mol. The number of hydrogen-bond acceptors (Lipinski definition) is 4. The Labute approximate surface area is 79.7 Å². The summed E-state index contributed by atoms with van der Waals surface area (Å²) >= 11 is 0. The number of ether oxygens (including phenoxy) is 1. The first kappa shape index (κ1) is 10.0. The summed E-state index contributed by atoms with van der Waals surface area (Å²) < 4.78 is 4.22. The second-order valence-corrected chi connectivity index (χ2v) is 2.31. The van der Waals surface area contributed by atoms with Crippen LogP contribution < -0.4 is 10.2 Å². The van der Waals surface area contributed by atoms with Crippen LogP contribution in [0.5, 0.6) is 5.75 Å². The Morgan fingerprint density at radius 2 is 2.21 bits per heavy atom. The van der Waals surface area contributed by atoms with E-state index in [0.29, 0.717) is 0 Å². The Bertz CT molecular complexity index is 392.